The van der Waals surface area contributed by atoms with E-state index in [1.807, 2.05) is 34.9 Å². The Hall–Kier alpha value is -2.54. The topological polar surface area (TPSA) is 62.3 Å². The van der Waals surface area contributed by atoms with Gasteiger partial charge >= 0.3 is 0 Å². The first-order chi connectivity index (χ1) is 15.5. The molecule has 0 saturated carbocycles. The molecule has 2 saturated heterocycles. The van der Waals surface area contributed by atoms with Gasteiger partial charge in [0.2, 0.25) is 11.8 Å². The molecule has 1 aromatic carbocycles. The van der Waals surface area contributed by atoms with Crippen molar-refractivity contribution in [2.45, 2.75) is 45.1 Å². The number of methoxy groups -OCH3 is 1. The Morgan fingerprint density at radius 3 is 2.44 bits per heavy atom. The van der Waals surface area contributed by atoms with Gasteiger partial charge in [0.1, 0.15) is 17.6 Å². The summed E-state index contributed by atoms with van der Waals surface area (Å²) in [4.78, 5) is 31.4. The van der Waals surface area contributed by atoms with Crippen molar-refractivity contribution in [3.05, 3.63) is 29.3 Å². The predicted molar refractivity (Wildman–Crippen MR) is 124 cm³/mol. The van der Waals surface area contributed by atoms with Gasteiger partial charge in [-0.25, -0.2) is 0 Å². The van der Waals surface area contributed by atoms with E-state index in [-0.39, 0.29) is 17.9 Å². The number of rotatable bonds is 5. The standard InChI is InChI=1S/C25H35N3O4/c1-19-15-21-17-22(31-2)20(16-23(21)32-19)7-8-24(29)28-13-11-26(12-14-28)18-25(30)27-9-5-3-4-6-10-27/h7-8,16-17,19H,3-6,9-15,18H2,1-2H3/b8-7+. The lowest BCUT2D eigenvalue weighted by Gasteiger charge is -2.35. The van der Waals surface area contributed by atoms with Gasteiger partial charge in [-0.05, 0) is 38.0 Å². The Balaban J connectivity index is 1.29. The van der Waals surface area contributed by atoms with Gasteiger partial charge in [0, 0.05) is 62.9 Å². The molecule has 7 nitrogen and oxygen atoms in total. The second kappa shape index (κ2) is 10.4. The molecule has 0 N–H and O–H groups in total. The van der Waals surface area contributed by atoms with E-state index in [0.717, 1.165) is 68.1 Å². The van der Waals surface area contributed by atoms with Crippen LogP contribution in [0.5, 0.6) is 11.5 Å². The van der Waals surface area contributed by atoms with Crippen LogP contribution in [0.1, 0.15) is 43.7 Å². The normalized spacial score (nSPS) is 21.9. The Kier molecular flexibility index (Phi) is 7.35. The Morgan fingerprint density at radius 2 is 1.75 bits per heavy atom. The van der Waals surface area contributed by atoms with E-state index in [0.29, 0.717) is 19.6 Å². The molecule has 0 aliphatic carbocycles. The molecule has 7 heteroatoms. The number of hydrogen-bond acceptors (Lipinski definition) is 5. The molecule has 2 amide bonds. The van der Waals surface area contributed by atoms with E-state index in [2.05, 4.69) is 4.90 Å². The van der Waals surface area contributed by atoms with Gasteiger partial charge in [-0.2, -0.15) is 0 Å². The molecule has 0 radical (unpaired) electrons. The van der Waals surface area contributed by atoms with Gasteiger partial charge in [0.25, 0.3) is 0 Å². The summed E-state index contributed by atoms with van der Waals surface area (Å²) >= 11 is 0. The first-order valence-corrected chi connectivity index (χ1v) is 11.9. The zero-order chi connectivity index (χ0) is 22.5. The molecule has 4 rings (SSSR count). The van der Waals surface area contributed by atoms with E-state index < -0.39 is 0 Å². The van der Waals surface area contributed by atoms with Crippen LogP contribution in [0, 0.1) is 0 Å². The zero-order valence-electron chi connectivity index (χ0n) is 19.3. The number of benzene rings is 1. The molecular formula is C25H35N3O4. The third-order valence-corrected chi connectivity index (χ3v) is 6.66. The lowest BCUT2D eigenvalue weighted by atomic mass is 10.1. The third-order valence-electron chi connectivity index (χ3n) is 6.66. The number of fused-ring (bicyclic) bond motifs is 1. The SMILES string of the molecule is COc1cc2c(cc1/C=C/C(=O)N1CCN(CC(=O)N3CCCCCC3)CC1)OC(C)C2. The van der Waals surface area contributed by atoms with E-state index in [9.17, 15) is 9.59 Å². The molecule has 1 atom stereocenters. The highest BCUT2D eigenvalue weighted by molar-refractivity contribution is 5.92. The molecule has 3 heterocycles. The fraction of sp³-hybridized carbons (Fsp3) is 0.600. The summed E-state index contributed by atoms with van der Waals surface area (Å²) in [6.45, 7) is 7.02. The summed E-state index contributed by atoms with van der Waals surface area (Å²) in [5.74, 6) is 1.84. The van der Waals surface area contributed by atoms with Crippen molar-refractivity contribution in [1.82, 2.24) is 14.7 Å². The van der Waals surface area contributed by atoms with Crippen LogP contribution in [0.3, 0.4) is 0 Å². The average molecular weight is 442 g/mol. The van der Waals surface area contributed by atoms with E-state index in [1.54, 1.807) is 13.2 Å². The van der Waals surface area contributed by atoms with Gasteiger partial charge in [0.05, 0.1) is 13.7 Å². The molecule has 3 aliphatic rings. The monoisotopic (exact) mass is 441 g/mol. The molecule has 0 aromatic heterocycles. The van der Waals surface area contributed by atoms with Crippen molar-refractivity contribution in [2.24, 2.45) is 0 Å². The van der Waals surface area contributed by atoms with Gasteiger partial charge in [-0.15, -0.1) is 0 Å². The Bertz CT molecular complexity index is 853. The number of piperazine rings is 1. The summed E-state index contributed by atoms with van der Waals surface area (Å²) in [6.07, 6.45) is 9.13. The highest BCUT2D eigenvalue weighted by atomic mass is 16.5. The van der Waals surface area contributed by atoms with Gasteiger partial charge in [-0.3, -0.25) is 14.5 Å². The van der Waals surface area contributed by atoms with E-state index in [4.69, 9.17) is 9.47 Å². The largest absolute Gasteiger partial charge is 0.496 e. The van der Waals surface area contributed by atoms with Crippen LogP contribution < -0.4 is 9.47 Å². The first kappa shape index (κ1) is 22.6. The van der Waals surface area contributed by atoms with Crippen LogP contribution in [-0.4, -0.2) is 85.5 Å². The molecule has 0 spiro atoms. The number of nitrogens with zero attached hydrogens (tertiary/aromatic N) is 3. The van der Waals surface area contributed by atoms with Crippen molar-refractivity contribution >= 4 is 17.9 Å². The third kappa shape index (κ3) is 5.44. The lowest BCUT2D eigenvalue weighted by molar-refractivity contribution is -0.133. The summed E-state index contributed by atoms with van der Waals surface area (Å²) < 4.78 is 11.4. The van der Waals surface area contributed by atoms with E-state index in [1.165, 1.54) is 12.8 Å². The van der Waals surface area contributed by atoms with Gasteiger partial charge < -0.3 is 19.3 Å². The minimum Gasteiger partial charge on any atom is -0.496 e. The van der Waals surface area contributed by atoms with Crippen molar-refractivity contribution in [1.29, 1.82) is 0 Å². The Morgan fingerprint density at radius 1 is 1.03 bits per heavy atom. The quantitative estimate of drug-likeness (QED) is 0.658. The van der Waals surface area contributed by atoms with Gasteiger partial charge in [-0.1, -0.05) is 12.8 Å². The summed E-state index contributed by atoms with van der Waals surface area (Å²) in [5.41, 5.74) is 1.99. The minimum absolute atomic E-state index is 0.0136. The second-order valence-corrected chi connectivity index (χ2v) is 9.06. The molecular weight excluding hydrogens is 406 g/mol. The number of carbonyl (C=O) groups excluding carboxylic acids is 2. The van der Waals surface area contributed by atoms with Crippen LogP contribution in [0.25, 0.3) is 6.08 Å². The minimum atomic E-state index is -0.0136. The van der Waals surface area contributed by atoms with Gasteiger partial charge in [0.15, 0.2) is 0 Å². The summed E-state index contributed by atoms with van der Waals surface area (Å²) in [6, 6.07) is 3.96. The first-order valence-electron chi connectivity index (χ1n) is 11.9. The highest BCUT2D eigenvalue weighted by Gasteiger charge is 2.24. The number of hydrogen-bond donors (Lipinski definition) is 0. The van der Waals surface area contributed by atoms with Crippen molar-refractivity contribution in [3.8, 4) is 11.5 Å². The summed E-state index contributed by atoms with van der Waals surface area (Å²) in [5, 5.41) is 0. The van der Waals surface area contributed by atoms with Crippen LogP contribution in [0.4, 0.5) is 0 Å². The zero-order valence-corrected chi connectivity index (χ0v) is 19.3. The second-order valence-electron chi connectivity index (χ2n) is 9.06. The van der Waals surface area contributed by atoms with Crippen LogP contribution in [0.2, 0.25) is 0 Å². The van der Waals surface area contributed by atoms with E-state index >= 15 is 0 Å². The van der Waals surface area contributed by atoms with Crippen molar-refractivity contribution < 1.29 is 19.1 Å². The van der Waals surface area contributed by atoms with Crippen LogP contribution in [0.15, 0.2) is 18.2 Å². The number of carbonyl (C=O) groups is 2. The predicted octanol–water partition coefficient (Wildman–Crippen LogP) is 2.58. The molecule has 174 valence electrons. The maximum absolute atomic E-state index is 12.7. The highest BCUT2D eigenvalue weighted by Crippen LogP contribution is 2.35. The lowest BCUT2D eigenvalue weighted by Crippen LogP contribution is -2.51. The molecule has 1 aromatic rings. The summed E-state index contributed by atoms with van der Waals surface area (Å²) in [7, 11) is 1.65. The number of likely N-dealkylation sites (tertiary alicyclic amines) is 1. The fourth-order valence-electron chi connectivity index (χ4n) is 4.77. The molecule has 0 bridgehead atoms. The average Bonchev–Trinajstić information content (AvgIpc) is 2.98. The number of ether oxygens (including phenoxy) is 2. The van der Waals surface area contributed by atoms with Crippen molar-refractivity contribution in [2.75, 3.05) is 52.9 Å². The molecule has 32 heavy (non-hydrogen) atoms. The maximum atomic E-state index is 12.7. The number of amides is 2. The fourth-order valence-corrected chi connectivity index (χ4v) is 4.77. The maximum Gasteiger partial charge on any atom is 0.246 e. The molecule has 2 fully saturated rings. The van der Waals surface area contributed by atoms with Crippen LogP contribution in [-0.2, 0) is 16.0 Å². The smallest absolute Gasteiger partial charge is 0.246 e. The van der Waals surface area contributed by atoms with Crippen molar-refractivity contribution in [3.63, 3.8) is 0 Å². The molecule has 1 unspecified atom stereocenters. The molecule has 3 aliphatic heterocycles. The Labute approximate surface area is 190 Å². The van der Waals surface area contributed by atoms with Crippen LogP contribution >= 0.6 is 0 Å².